The van der Waals surface area contributed by atoms with Crippen LogP contribution in [0.3, 0.4) is 0 Å². The van der Waals surface area contributed by atoms with Crippen LogP contribution in [0.1, 0.15) is 11.4 Å². The van der Waals surface area contributed by atoms with Crippen LogP contribution in [0.4, 0.5) is 11.6 Å². The Hall–Kier alpha value is -2.44. The van der Waals surface area contributed by atoms with E-state index in [0.717, 1.165) is 17.1 Å². The standard InChI is InChI=1S/C12H16N6O/c1-8-11(9(2)17-16-8)15-10(19)7-18(3)12-13-5-4-6-14-12/h4-6H,7H2,1-3H3,(H,15,19)(H,16,17). The predicted molar refractivity (Wildman–Crippen MR) is 72.0 cm³/mol. The lowest BCUT2D eigenvalue weighted by molar-refractivity contribution is -0.114. The van der Waals surface area contributed by atoms with Crippen LogP contribution in [0, 0.1) is 13.8 Å². The number of nitrogens with zero attached hydrogens (tertiary/aromatic N) is 4. The molecule has 0 fully saturated rings. The lowest BCUT2D eigenvalue weighted by Gasteiger charge is -2.16. The van der Waals surface area contributed by atoms with Crippen molar-refractivity contribution in [2.75, 3.05) is 23.8 Å². The van der Waals surface area contributed by atoms with Gasteiger partial charge in [0.05, 0.1) is 23.6 Å². The quantitative estimate of drug-likeness (QED) is 0.852. The van der Waals surface area contributed by atoms with E-state index in [2.05, 4.69) is 25.5 Å². The molecule has 0 saturated carbocycles. The molecule has 0 aliphatic carbocycles. The van der Waals surface area contributed by atoms with Crippen LogP contribution in [-0.4, -0.2) is 39.7 Å². The molecule has 0 aliphatic rings. The number of nitrogens with one attached hydrogen (secondary N) is 2. The maximum atomic E-state index is 11.9. The van der Waals surface area contributed by atoms with Crippen LogP contribution in [-0.2, 0) is 4.79 Å². The van der Waals surface area contributed by atoms with E-state index >= 15 is 0 Å². The number of hydrogen-bond acceptors (Lipinski definition) is 5. The second kappa shape index (κ2) is 5.47. The number of anilines is 2. The third-order valence-corrected chi connectivity index (χ3v) is 2.67. The minimum atomic E-state index is -0.137. The summed E-state index contributed by atoms with van der Waals surface area (Å²) in [6, 6.07) is 1.73. The number of aryl methyl sites for hydroxylation is 2. The molecule has 0 bridgehead atoms. The molecule has 100 valence electrons. The summed E-state index contributed by atoms with van der Waals surface area (Å²) in [7, 11) is 1.77. The largest absolute Gasteiger partial charge is 0.335 e. The molecule has 0 atom stereocenters. The molecule has 0 saturated heterocycles. The van der Waals surface area contributed by atoms with Crippen LogP contribution in [0.2, 0.25) is 0 Å². The van der Waals surface area contributed by atoms with E-state index in [-0.39, 0.29) is 12.5 Å². The number of carbonyl (C=O) groups excluding carboxylic acids is 1. The fourth-order valence-electron chi connectivity index (χ4n) is 1.69. The van der Waals surface area contributed by atoms with Crippen molar-refractivity contribution in [3.05, 3.63) is 29.8 Å². The maximum Gasteiger partial charge on any atom is 0.244 e. The first-order valence-corrected chi connectivity index (χ1v) is 5.87. The molecule has 0 spiro atoms. The molecule has 19 heavy (non-hydrogen) atoms. The Morgan fingerprint density at radius 1 is 1.37 bits per heavy atom. The number of rotatable bonds is 4. The highest BCUT2D eigenvalue weighted by Crippen LogP contribution is 2.15. The Balaban J connectivity index is 1.99. The van der Waals surface area contributed by atoms with E-state index in [1.165, 1.54) is 0 Å². The van der Waals surface area contributed by atoms with Crippen molar-refractivity contribution in [1.29, 1.82) is 0 Å². The van der Waals surface area contributed by atoms with E-state index in [9.17, 15) is 4.79 Å². The van der Waals surface area contributed by atoms with Crippen molar-refractivity contribution in [2.45, 2.75) is 13.8 Å². The fourth-order valence-corrected chi connectivity index (χ4v) is 1.69. The molecule has 0 aromatic carbocycles. The number of amides is 1. The van der Waals surface area contributed by atoms with Gasteiger partial charge in [0.25, 0.3) is 0 Å². The van der Waals surface area contributed by atoms with Crippen molar-refractivity contribution in [3.8, 4) is 0 Å². The van der Waals surface area contributed by atoms with Crippen molar-refractivity contribution in [3.63, 3.8) is 0 Å². The first-order chi connectivity index (χ1) is 9.08. The minimum Gasteiger partial charge on any atom is -0.335 e. The minimum absolute atomic E-state index is 0.137. The van der Waals surface area contributed by atoms with Crippen molar-refractivity contribution < 1.29 is 4.79 Å². The lowest BCUT2D eigenvalue weighted by Crippen LogP contribution is -2.31. The third-order valence-electron chi connectivity index (χ3n) is 2.67. The summed E-state index contributed by atoms with van der Waals surface area (Å²) in [6.45, 7) is 3.87. The average molecular weight is 260 g/mol. The van der Waals surface area contributed by atoms with Gasteiger partial charge in [0.15, 0.2) is 0 Å². The van der Waals surface area contributed by atoms with Gasteiger partial charge in [0, 0.05) is 19.4 Å². The lowest BCUT2D eigenvalue weighted by atomic mass is 10.3. The third kappa shape index (κ3) is 3.06. The Bertz CT molecular complexity index is 545. The van der Waals surface area contributed by atoms with Gasteiger partial charge in [0.1, 0.15) is 0 Å². The number of H-pyrrole nitrogens is 1. The van der Waals surface area contributed by atoms with E-state index in [1.54, 1.807) is 30.4 Å². The highest BCUT2D eigenvalue weighted by atomic mass is 16.2. The molecule has 0 aliphatic heterocycles. The summed E-state index contributed by atoms with van der Waals surface area (Å²) >= 11 is 0. The van der Waals surface area contributed by atoms with Crippen LogP contribution in [0.5, 0.6) is 0 Å². The normalized spacial score (nSPS) is 10.3. The summed E-state index contributed by atoms with van der Waals surface area (Å²) in [5, 5.41) is 9.68. The van der Waals surface area contributed by atoms with Gasteiger partial charge in [-0.2, -0.15) is 5.10 Å². The van der Waals surface area contributed by atoms with Crippen molar-refractivity contribution in [2.24, 2.45) is 0 Å². The molecule has 0 radical (unpaired) electrons. The van der Waals surface area contributed by atoms with Crippen LogP contribution >= 0.6 is 0 Å². The fraction of sp³-hybridized carbons (Fsp3) is 0.333. The highest BCUT2D eigenvalue weighted by Gasteiger charge is 2.13. The van der Waals surface area contributed by atoms with Crippen molar-refractivity contribution >= 4 is 17.5 Å². The van der Waals surface area contributed by atoms with Crippen LogP contribution in [0.25, 0.3) is 0 Å². The van der Waals surface area contributed by atoms with E-state index in [0.29, 0.717) is 5.95 Å². The first-order valence-electron chi connectivity index (χ1n) is 5.87. The zero-order chi connectivity index (χ0) is 13.8. The molecule has 0 unspecified atom stereocenters. The summed E-state index contributed by atoms with van der Waals surface area (Å²) < 4.78 is 0. The smallest absolute Gasteiger partial charge is 0.244 e. The molecular weight excluding hydrogens is 244 g/mol. The Kier molecular flexibility index (Phi) is 3.74. The van der Waals surface area contributed by atoms with E-state index in [1.807, 2.05) is 13.8 Å². The Morgan fingerprint density at radius 3 is 2.63 bits per heavy atom. The Morgan fingerprint density at radius 2 is 2.05 bits per heavy atom. The highest BCUT2D eigenvalue weighted by molar-refractivity contribution is 5.94. The number of likely N-dealkylation sites (N-methyl/N-ethyl adjacent to an activating group) is 1. The topological polar surface area (TPSA) is 86.8 Å². The molecule has 2 aromatic rings. The van der Waals surface area contributed by atoms with Crippen LogP contribution < -0.4 is 10.2 Å². The van der Waals surface area contributed by atoms with Gasteiger partial charge in [-0.15, -0.1) is 0 Å². The van der Waals surface area contributed by atoms with Gasteiger partial charge in [-0.05, 0) is 19.9 Å². The second-order valence-corrected chi connectivity index (χ2v) is 4.26. The predicted octanol–water partition coefficient (Wildman–Crippen LogP) is 0.891. The number of hydrogen-bond donors (Lipinski definition) is 2. The number of aromatic nitrogens is 4. The molecule has 2 N–H and O–H groups in total. The molecule has 2 aromatic heterocycles. The molecule has 2 heterocycles. The monoisotopic (exact) mass is 260 g/mol. The van der Waals surface area contributed by atoms with Gasteiger partial charge in [0.2, 0.25) is 11.9 Å². The van der Waals surface area contributed by atoms with E-state index in [4.69, 9.17) is 0 Å². The molecular formula is C12H16N6O. The van der Waals surface area contributed by atoms with Gasteiger partial charge < -0.3 is 10.2 Å². The van der Waals surface area contributed by atoms with Crippen molar-refractivity contribution in [1.82, 2.24) is 20.2 Å². The van der Waals surface area contributed by atoms with Gasteiger partial charge >= 0.3 is 0 Å². The van der Waals surface area contributed by atoms with Gasteiger partial charge in [-0.3, -0.25) is 9.89 Å². The SMILES string of the molecule is Cc1n[nH]c(C)c1NC(=O)CN(C)c1ncccn1. The molecule has 7 nitrogen and oxygen atoms in total. The van der Waals surface area contributed by atoms with Gasteiger partial charge in [-0.25, -0.2) is 9.97 Å². The number of carbonyl (C=O) groups is 1. The Labute approximate surface area is 111 Å². The molecule has 7 heteroatoms. The maximum absolute atomic E-state index is 11.9. The summed E-state index contributed by atoms with van der Waals surface area (Å²) in [6.07, 6.45) is 3.28. The number of aromatic amines is 1. The van der Waals surface area contributed by atoms with Gasteiger partial charge in [-0.1, -0.05) is 0 Å². The van der Waals surface area contributed by atoms with E-state index < -0.39 is 0 Å². The zero-order valence-corrected chi connectivity index (χ0v) is 11.1. The second-order valence-electron chi connectivity index (χ2n) is 4.26. The molecule has 1 amide bonds. The molecule has 2 rings (SSSR count). The average Bonchev–Trinajstić information content (AvgIpc) is 2.71. The summed E-state index contributed by atoms with van der Waals surface area (Å²) in [5.41, 5.74) is 2.33. The van der Waals surface area contributed by atoms with Crippen LogP contribution in [0.15, 0.2) is 18.5 Å². The summed E-state index contributed by atoms with van der Waals surface area (Å²) in [5.74, 6) is 0.376. The first kappa shape index (κ1) is 13.0. The summed E-state index contributed by atoms with van der Waals surface area (Å²) in [4.78, 5) is 21.8. The zero-order valence-electron chi connectivity index (χ0n) is 11.1.